The van der Waals surface area contributed by atoms with Crippen molar-refractivity contribution in [2.75, 3.05) is 33.2 Å². The summed E-state index contributed by atoms with van der Waals surface area (Å²) in [5.74, 6) is 0. The average molecular weight is 291 g/mol. The van der Waals surface area contributed by atoms with E-state index in [1.165, 1.54) is 4.31 Å². The third kappa shape index (κ3) is 2.66. The maximum atomic E-state index is 12.4. The van der Waals surface area contributed by atoms with Crippen LogP contribution in [0.2, 0.25) is 0 Å². The lowest BCUT2D eigenvalue weighted by molar-refractivity contribution is 0.347. The van der Waals surface area contributed by atoms with Crippen molar-refractivity contribution < 1.29 is 8.42 Å². The Morgan fingerprint density at radius 1 is 1.22 bits per heavy atom. The lowest BCUT2D eigenvalue weighted by Crippen LogP contribution is -2.34. The molecule has 1 aromatic rings. The maximum absolute atomic E-state index is 12.4. The van der Waals surface area contributed by atoms with Gasteiger partial charge in [0.2, 0.25) is 0 Å². The van der Waals surface area contributed by atoms with Crippen LogP contribution in [0.5, 0.6) is 0 Å². The molecule has 0 saturated carbocycles. The normalized spacial score (nSPS) is 19.9. The zero-order valence-corrected chi connectivity index (χ0v) is 12.1. The molecule has 6 nitrogen and oxygen atoms in total. The first kappa shape index (κ1) is 13.7. The Bertz CT molecular complexity index is 575. The van der Waals surface area contributed by atoms with E-state index in [1.807, 2.05) is 7.05 Å². The van der Waals surface area contributed by atoms with E-state index in [-0.39, 0.29) is 9.08 Å². The van der Waals surface area contributed by atoms with Crippen LogP contribution in [0.25, 0.3) is 0 Å². The SMILES string of the molecule is Cc1[nH]c(=O)sc1S(=O)(=O)N1CCCN(C)CC1. The lowest BCUT2D eigenvalue weighted by Gasteiger charge is -2.19. The molecule has 1 N–H and O–H groups in total. The Kier molecular flexibility index (Phi) is 3.90. The van der Waals surface area contributed by atoms with Crippen LogP contribution in [0, 0.1) is 6.92 Å². The van der Waals surface area contributed by atoms with Crippen molar-refractivity contribution >= 4 is 21.4 Å². The highest BCUT2D eigenvalue weighted by atomic mass is 32.2. The number of nitrogens with zero attached hydrogens (tertiary/aromatic N) is 2. The van der Waals surface area contributed by atoms with Crippen molar-refractivity contribution in [3.8, 4) is 0 Å². The van der Waals surface area contributed by atoms with Crippen LogP contribution in [0.15, 0.2) is 9.00 Å². The van der Waals surface area contributed by atoms with E-state index in [2.05, 4.69) is 9.88 Å². The van der Waals surface area contributed by atoms with Crippen LogP contribution in [-0.4, -0.2) is 55.8 Å². The van der Waals surface area contributed by atoms with Gasteiger partial charge in [-0.05, 0) is 26.9 Å². The largest absolute Gasteiger partial charge is 0.315 e. The molecule has 1 aromatic heterocycles. The van der Waals surface area contributed by atoms with E-state index >= 15 is 0 Å². The standard InChI is InChI=1S/C10H17N3O3S2/c1-8-9(17-10(14)11-8)18(15,16)13-5-3-4-12(2)6-7-13/h3-7H2,1-2H3,(H,11,14). The van der Waals surface area contributed by atoms with E-state index in [0.717, 1.165) is 30.8 Å². The Balaban J connectivity index is 2.31. The van der Waals surface area contributed by atoms with Crippen LogP contribution < -0.4 is 4.87 Å². The van der Waals surface area contributed by atoms with Gasteiger partial charge in [-0.25, -0.2) is 8.42 Å². The summed E-state index contributed by atoms with van der Waals surface area (Å²) >= 11 is 0.768. The van der Waals surface area contributed by atoms with Gasteiger partial charge in [0.05, 0.1) is 0 Å². The fourth-order valence-electron chi connectivity index (χ4n) is 2.02. The van der Waals surface area contributed by atoms with Gasteiger partial charge >= 0.3 is 4.87 Å². The molecule has 102 valence electrons. The molecule has 8 heteroatoms. The highest BCUT2D eigenvalue weighted by Gasteiger charge is 2.29. The van der Waals surface area contributed by atoms with Crippen molar-refractivity contribution in [2.24, 2.45) is 0 Å². The molecule has 0 amide bonds. The third-order valence-corrected chi connectivity index (χ3v) is 6.51. The van der Waals surface area contributed by atoms with Gasteiger partial charge < -0.3 is 9.88 Å². The van der Waals surface area contributed by atoms with Crippen LogP contribution in [0.4, 0.5) is 0 Å². The van der Waals surface area contributed by atoms with Crippen molar-refractivity contribution in [1.82, 2.24) is 14.2 Å². The van der Waals surface area contributed by atoms with E-state index in [0.29, 0.717) is 18.8 Å². The molecule has 0 radical (unpaired) electrons. The quantitative estimate of drug-likeness (QED) is 0.837. The van der Waals surface area contributed by atoms with Gasteiger partial charge in [-0.3, -0.25) is 4.79 Å². The van der Waals surface area contributed by atoms with E-state index in [4.69, 9.17) is 0 Å². The number of thiazole rings is 1. The van der Waals surface area contributed by atoms with Gasteiger partial charge in [-0.1, -0.05) is 11.3 Å². The molecule has 1 fully saturated rings. The zero-order valence-electron chi connectivity index (χ0n) is 10.5. The van der Waals surface area contributed by atoms with E-state index in [9.17, 15) is 13.2 Å². The molecule has 2 heterocycles. The highest BCUT2D eigenvalue weighted by molar-refractivity contribution is 7.91. The first-order valence-electron chi connectivity index (χ1n) is 5.79. The molecule has 1 aliphatic rings. The minimum Gasteiger partial charge on any atom is -0.315 e. The zero-order chi connectivity index (χ0) is 13.3. The summed E-state index contributed by atoms with van der Waals surface area (Å²) in [5, 5.41) is 0. The Hall–Kier alpha value is -0.700. The van der Waals surface area contributed by atoms with E-state index in [1.54, 1.807) is 6.92 Å². The second-order valence-corrected chi connectivity index (χ2v) is 7.60. The summed E-state index contributed by atoms with van der Waals surface area (Å²) < 4.78 is 26.5. The van der Waals surface area contributed by atoms with Gasteiger partial charge in [-0.15, -0.1) is 0 Å². The van der Waals surface area contributed by atoms with Gasteiger partial charge in [-0.2, -0.15) is 4.31 Å². The summed E-state index contributed by atoms with van der Waals surface area (Å²) in [6.45, 7) is 4.23. The predicted octanol–water partition coefficient (Wildman–Crippen LogP) is 0.0710. The minimum absolute atomic E-state index is 0.150. The molecule has 1 saturated heterocycles. The second kappa shape index (κ2) is 5.12. The number of nitrogens with one attached hydrogen (secondary N) is 1. The number of H-pyrrole nitrogens is 1. The van der Waals surface area contributed by atoms with Crippen LogP contribution in [0.1, 0.15) is 12.1 Å². The van der Waals surface area contributed by atoms with Gasteiger partial charge in [0.1, 0.15) is 0 Å². The minimum atomic E-state index is -3.52. The number of hydrogen-bond acceptors (Lipinski definition) is 5. The molecule has 0 atom stereocenters. The highest BCUT2D eigenvalue weighted by Crippen LogP contribution is 2.22. The smallest absolute Gasteiger partial charge is 0.305 e. The molecule has 0 unspecified atom stereocenters. The number of sulfonamides is 1. The van der Waals surface area contributed by atoms with Crippen molar-refractivity contribution in [1.29, 1.82) is 0 Å². The molecular weight excluding hydrogens is 274 g/mol. The fourth-order valence-corrected chi connectivity index (χ4v) is 4.92. The maximum Gasteiger partial charge on any atom is 0.305 e. The Morgan fingerprint density at radius 2 is 1.94 bits per heavy atom. The van der Waals surface area contributed by atoms with Crippen LogP contribution >= 0.6 is 11.3 Å². The number of aromatic amines is 1. The fraction of sp³-hybridized carbons (Fsp3) is 0.700. The summed E-state index contributed by atoms with van der Waals surface area (Å²) in [6.07, 6.45) is 0.814. The van der Waals surface area contributed by atoms with Gasteiger partial charge in [0.25, 0.3) is 10.0 Å². The number of hydrogen-bond donors (Lipinski definition) is 1. The summed E-state index contributed by atoms with van der Waals surface area (Å²) in [6, 6.07) is 0. The average Bonchev–Trinajstić information content (AvgIpc) is 2.49. The third-order valence-electron chi connectivity index (χ3n) is 3.03. The lowest BCUT2D eigenvalue weighted by atomic mass is 10.4. The molecule has 1 aliphatic heterocycles. The molecule has 18 heavy (non-hydrogen) atoms. The number of likely N-dealkylation sites (N-methyl/N-ethyl adjacent to an activating group) is 1. The summed E-state index contributed by atoms with van der Waals surface area (Å²) in [5.41, 5.74) is 0.433. The molecule has 0 aromatic carbocycles. The summed E-state index contributed by atoms with van der Waals surface area (Å²) in [7, 11) is -1.54. The second-order valence-electron chi connectivity index (χ2n) is 4.49. The molecule has 0 spiro atoms. The summed E-state index contributed by atoms with van der Waals surface area (Å²) in [4.78, 5) is 15.5. The molecule has 0 aliphatic carbocycles. The van der Waals surface area contributed by atoms with Crippen molar-refractivity contribution in [2.45, 2.75) is 17.6 Å². The number of aryl methyl sites for hydroxylation is 1. The first-order chi connectivity index (χ1) is 8.41. The predicted molar refractivity (Wildman–Crippen MR) is 70.5 cm³/mol. The molecule has 2 rings (SSSR count). The topological polar surface area (TPSA) is 73.5 Å². The van der Waals surface area contributed by atoms with Crippen molar-refractivity contribution in [3.63, 3.8) is 0 Å². The number of rotatable bonds is 2. The molecule has 0 bridgehead atoms. The monoisotopic (exact) mass is 291 g/mol. The number of aromatic nitrogens is 1. The Morgan fingerprint density at radius 3 is 2.56 bits per heavy atom. The van der Waals surface area contributed by atoms with Gasteiger partial charge in [0.15, 0.2) is 4.21 Å². The molecular formula is C10H17N3O3S2. The van der Waals surface area contributed by atoms with Crippen LogP contribution in [0.3, 0.4) is 0 Å². The van der Waals surface area contributed by atoms with E-state index < -0.39 is 10.0 Å². The van der Waals surface area contributed by atoms with Crippen LogP contribution in [-0.2, 0) is 10.0 Å². The first-order valence-corrected chi connectivity index (χ1v) is 8.05. The van der Waals surface area contributed by atoms with Gasteiger partial charge in [0, 0.05) is 25.3 Å². The van der Waals surface area contributed by atoms with Crippen molar-refractivity contribution in [3.05, 3.63) is 15.4 Å². The Labute approximate surface area is 110 Å².